The summed E-state index contributed by atoms with van der Waals surface area (Å²) in [5.41, 5.74) is 0. The highest BCUT2D eigenvalue weighted by atomic mass is 16.7. The molecule has 1 rings (SSSR count). The molecule has 0 aromatic heterocycles. The maximum absolute atomic E-state index is 11.5. The van der Waals surface area contributed by atoms with Gasteiger partial charge in [0.05, 0.1) is 7.11 Å². The Labute approximate surface area is 118 Å². The first-order valence-electron chi connectivity index (χ1n) is 6.88. The monoisotopic (exact) mass is 283 g/mol. The lowest BCUT2D eigenvalue weighted by atomic mass is 10.1. The van der Waals surface area contributed by atoms with E-state index in [9.17, 15) is 14.4 Å². The smallest absolute Gasteiger partial charge is 0.305 e. The van der Waals surface area contributed by atoms with Crippen LogP contribution in [0, 0.1) is 0 Å². The number of rotatable bonds is 8. The van der Waals surface area contributed by atoms with Crippen LogP contribution in [0.2, 0.25) is 0 Å². The van der Waals surface area contributed by atoms with E-state index in [0.717, 1.165) is 17.9 Å². The Bertz CT molecular complexity index is 386. The van der Waals surface area contributed by atoms with Crippen molar-refractivity contribution in [3.05, 3.63) is 11.8 Å². The predicted molar refractivity (Wildman–Crippen MR) is 71.0 cm³/mol. The topological polar surface area (TPSA) is 72.9 Å². The largest absolute Gasteiger partial charge is 0.469 e. The number of hydrogen-bond acceptors (Lipinski definition) is 5. The molecule has 0 aliphatic carbocycles. The number of amides is 2. The minimum Gasteiger partial charge on any atom is -0.469 e. The number of methoxy groups -OCH3 is 1. The van der Waals surface area contributed by atoms with E-state index in [2.05, 4.69) is 4.74 Å². The number of hydroxylamine groups is 2. The SMILES string of the molecule is CC/C=C(\CCCCC(=O)OC)ON1C(=O)CCC1=O. The highest BCUT2D eigenvalue weighted by Crippen LogP contribution is 2.19. The summed E-state index contributed by atoms with van der Waals surface area (Å²) in [5.74, 6) is -0.240. The molecule has 6 nitrogen and oxygen atoms in total. The highest BCUT2D eigenvalue weighted by Gasteiger charge is 2.31. The van der Waals surface area contributed by atoms with Gasteiger partial charge in [-0.3, -0.25) is 14.4 Å². The van der Waals surface area contributed by atoms with Crippen LogP contribution in [-0.2, 0) is 24.0 Å². The summed E-state index contributed by atoms with van der Waals surface area (Å²) in [6.45, 7) is 1.95. The van der Waals surface area contributed by atoms with Crippen molar-refractivity contribution in [2.75, 3.05) is 7.11 Å². The standard InChI is InChI=1S/C14H21NO5/c1-3-6-11(7-4-5-8-14(18)19-2)20-15-12(16)9-10-13(15)17/h6H,3-5,7-10H2,1-2H3/b11-6+. The van der Waals surface area contributed by atoms with Gasteiger partial charge in [-0.05, 0) is 25.3 Å². The molecule has 1 saturated heterocycles. The molecule has 1 fully saturated rings. The Hall–Kier alpha value is -1.85. The van der Waals surface area contributed by atoms with Crippen molar-refractivity contribution >= 4 is 17.8 Å². The molecule has 0 bridgehead atoms. The number of imide groups is 1. The average molecular weight is 283 g/mol. The molecule has 0 N–H and O–H groups in total. The number of nitrogens with zero attached hydrogens (tertiary/aromatic N) is 1. The molecule has 0 saturated carbocycles. The Morgan fingerprint density at radius 1 is 1.20 bits per heavy atom. The van der Waals surface area contributed by atoms with Crippen molar-refractivity contribution in [1.82, 2.24) is 5.06 Å². The predicted octanol–water partition coefficient (Wildman–Crippen LogP) is 2.09. The Morgan fingerprint density at radius 2 is 1.80 bits per heavy atom. The average Bonchev–Trinajstić information content (AvgIpc) is 2.75. The van der Waals surface area contributed by atoms with Gasteiger partial charge in [0, 0.05) is 25.7 Å². The lowest BCUT2D eigenvalue weighted by Crippen LogP contribution is -2.29. The summed E-state index contributed by atoms with van der Waals surface area (Å²) in [6.07, 6.45) is 5.37. The summed E-state index contributed by atoms with van der Waals surface area (Å²) in [5, 5.41) is 0.849. The maximum Gasteiger partial charge on any atom is 0.305 e. The summed E-state index contributed by atoms with van der Waals surface area (Å²) in [4.78, 5) is 39.3. The second kappa shape index (κ2) is 8.35. The van der Waals surface area contributed by atoms with Crippen molar-refractivity contribution in [1.29, 1.82) is 0 Å². The van der Waals surface area contributed by atoms with Gasteiger partial charge in [-0.15, -0.1) is 5.06 Å². The number of hydrogen-bond donors (Lipinski definition) is 0. The van der Waals surface area contributed by atoms with Crippen molar-refractivity contribution in [2.45, 2.75) is 51.9 Å². The fourth-order valence-electron chi connectivity index (χ4n) is 1.86. The third-order valence-corrected chi connectivity index (χ3v) is 2.93. The minimum absolute atomic E-state index is 0.209. The molecule has 6 heteroatoms. The number of ether oxygens (including phenoxy) is 1. The molecule has 0 atom stereocenters. The van der Waals surface area contributed by atoms with Gasteiger partial charge in [-0.25, -0.2) is 0 Å². The molecular formula is C14H21NO5. The van der Waals surface area contributed by atoms with E-state index in [1.165, 1.54) is 7.11 Å². The first-order chi connectivity index (χ1) is 9.58. The second-order valence-electron chi connectivity index (χ2n) is 4.54. The molecule has 1 heterocycles. The maximum atomic E-state index is 11.5. The zero-order chi connectivity index (χ0) is 15.0. The molecule has 112 valence electrons. The fraction of sp³-hybridized carbons (Fsp3) is 0.643. The number of allylic oxidation sites excluding steroid dienone is 2. The van der Waals surface area contributed by atoms with E-state index in [4.69, 9.17) is 4.84 Å². The van der Waals surface area contributed by atoms with Gasteiger partial charge >= 0.3 is 5.97 Å². The van der Waals surface area contributed by atoms with E-state index >= 15 is 0 Å². The lowest BCUT2D eigenvalue weighted by molar-refractivity contribution is -0.177. The minimum atomic E-state index is -0.299. The Morgan fingerprint density at radius 3 is 2.35 bits per heavy atom. The van der Waals surface area contributed by atoms with Crippen molar-refractivity contribution in [2.24, 2.45) is 0 Å². The molecular weight excluding hydrogens is 262 g/mol. The van der Waals surface area contributed by atoms with Gasteiger partial charge in [0.2, 0.25) is 0 Å². The van der Waals surface area contributed by atoms with Gasteiger partial charge in [-0.1, -0.05) is 6.92 Å². The zero-order valence-electron chi connectivity index (χ0n) is 12.0. The van der Waals surface area contributed by atoms with Gasteiger partial charge in [0.1, 0.15) is 5.76 Å². The van der Waals surface area contributed by atoms with Crippen LogP contribution in [0.3, 0.4) is 0 Å². The highest BCUT2D eigenvalue weighted by molar-refractivity contribution is 6.00. The number of esters is 1. The lowest BCUT2D eigenvalue weighted by Gasteiger charge is -2.17. The van der Waals surface area contributed by atoms with Gasteiger partial charge in [0.15, 0.2) is 0 Å². The summed E-state index contributed by atoms with van der Waals surface area (Å²) >= 11 is 0. The molecule has 0 radical (unpaired) electrons. The van der Waals surface area contributed by atoms with Crippen LogP contribution in [0.4, 0.5) is 0 Å². The fourth-order valence-corrected chi connectivity index (χ4v) is 1.86. The molecule has 1 aliphatic heterocycles. The Balaban J connectivity index is 2.41. The van der Waals surface area contributed by atoms with Crippen LogP contribution in [0.5, 0.6) is 0 Å². The van der Waals surface area contributed by atoms with Crippen LogP contribution in [0.1, 0.15) is 51.9 Å². The van der Waals surface area contributed by atoms with E-state index in [-0.39, 0.29) is 30.6 Å². The van der Waals surface area contributed by atoms with Gasteiger partial charge in [-0.2, -0.15) is 0 Å². The van der Waals surface area contributed by atoms with Crippen molar-refractivity contribution < 1.29 is 24.0 Å². The number of unbranched alkanes of at least 4 members (excludes halogenated alkanes) is 1. The van der Waals surface area contributed by atoms with E-state index in [1.807, 2.05) is 13.0 Å². The molecule has 0 aromatic carbocycles. The van der Waals surface area contributed by atoms with E-state index in [1.54, 1.807) is 0 Å². The van der Waals surface area contributed by atoms with Crippen LogP contribution >= 0.6 is 0 Å². The van der Waals surface area contributed by atoms with Gasteiger partial charge < -0.3 is 9.57 Å². The van der Waals surface area contributed by atoms with Crippen LogP contribution in [0.25, 0.3) is 0 Å². The van der Waals surface area contributed by atoms with Crippen molar-refractivity contribution in [3.8, 4) is 0 Å². The molecule has 0 unspecified atom stereocenters. The van der Waals surface area contributed by atoms with Crippen LogP contribution in [0.15, 0.2) is 11.8 Å². The summed E-state index contributed by atoms with van der Waals surface area (Å²) < 4.78 is 4.56. The van der Waals surface area contributed by atoms with Crippen LogP contribution < -0.4 is 0 Å². The number of carbonyl (C=O) groups excluding carboxylic acids is 3. The summed E-state index contributed by atoms with van der Waals surface area (Å²) in [6, 6.07) is 0. The molecule has 20 heavy (non-hydrogen) atoms. The summed E-state index contributed by atoms with van der Waals surface area (Å²) in [7, 11) is 1.36. The molecule has 2 amide bonds. The molecule has 1 aliphatic rings. The normalized spacial score (nSPS) is 15.7. The van der Waals surface area contributed by atoms with Gasteiger partial charge in [0.25, 0.3) is 11.8 Å². The molecule has 0 aromatic rings. The second-order valence-corrected chi connectivity index (χ2v) is 4.54. The van der Waals surface area contributed by atoms with Crippen LogP contribution in [-0.4, -0.2) is 30.0 Å². The first kappa shape index (κ1) is 16.2. The quantitative estimate of drug-likeness (QED) is 0.295. The third kappa shape index (κ3) is 5.03. The first-order valence-corrected chi connectivity index (χ1v) is 6.88. The van der Waals surface area contributed by atoms with E-state index in [0.29, 0.717) is 25.0 Å². The zero-order valence-corrected chi connectivity index (χ0v) is 12.0. The van der Waals surface area contributed by atoms with Crippen molar-refractivity contribution in [3.63, 3.8) is 0 Å². The Kier molecular flexibility index (Phi) is 6.76. The number of carbonyl (C=O) groups is 3. The molecule has 0 spiro atoms. The van der Waals surface area contributed by atoms with E-state index < -0.39 is 0 Å². The third-order valence-electron chi connectivity index (χ3n) is 2.93.